The van der Waals surface area contributed by atoms with Crippen molar-refractivity contribution in [1.29, 1.82) is 5.26 Å². The van der Waals surface area contributed by atoms with Crippen LogP contribution in [0.2, 0.25) is 0 Å². The predicted octanol–water partition coefficient (Wildman–Crippen LogP) is 2.85. The Balaban J connectivity index is 1.60. The third-order valence-corrected chi connectivity index (χ3v) is 7.81. The fraction of sp³-hybridized carbons (Fsp3) is 0.621. The molecule has 39 heavy (non-hydrogen) atoms. The van der Waals surface area contributed by atoms with Gasteiger partial charge in [0.2, 0.25) is 18.2 Å². The Morgan fingerprint density at radius 3 is 2.28 bits per heavy atom. The van der Waals surface area contributed by atoms with E-state index in [1.807, 2.05) is 26.8 Å². The molecular weight excluding hydrogens is 498 g/mol. The standard InChI is InChI=1S/C29H41N5O5/c1-29(2,3)25(32-27(37)23(18-34(39)19-35)16-20-6-4-5-7-20)28(38)33-14-12-24(13-15-33)31-26(36)22-10-8-21(17-30)9-11-22/h8-11,19-20,23-25,39H,4-7,12-16,18H2,1-3H3,(H,31,36)(H,32,37)/t23-,25-/m1/s1. The summed E-state index contributed by atoms with van der Waals surface area (Å²) in [6.45, 7) is 6.48. The van der Waals surface area contributed by atoms with E-state index < -0.39 is 17.4 Å². The number of hydrogen-bond acceptors (Lipinski definition) is 6. The first-order valence-electron chi connectivity index (χ1n) is 13.8. The Hall–Kier alpha value is -3.45. The lowest BCUT2D eigenvalue weighted by molar-refractivity contribution is -0.156. The molecule has 0 spiro atoms. The Bertz CT molecular complexity index is 1050. The SMILES string of the molecule is CC(C)(C)[C@H](NC(=O)[C@H](CC1CCCC1)CN(O)C=O)C(=O)N1CCC(NC(=O)c2ccc(C#N)cc2)CC1. The highest BCUT2D eigenvalue weighted by Gasteiger charge is 2.39. The van der Waals surface area contributed by atoms with Crippen LogP contribution < -0.4 is 10.6 Å². The van der Waals surface area contributed by atoms with E-state index in [4.69, 9.17) is 5.26 Å². The van der Waals surface area contributed by atoms with Crippen LogP contribution >= 0.6 is 0 Å². The van der Waals surface area contributed by atoms with Crippen molar-refractivity contribution in [3.8, 4) is 6.07 Å². The van der Waals surface area contributed by atoms with Gasteiger partial charge in [0, 0.05) is 24.7 Å². The normalized spacial score (nSPS) is 18.1. The molecule has 4 amide bonds. The molecule has 1 heterocycles. The van der Waals surface area contributed by atoms with Gasteiger partial charge in [0.1, 0.15) is 6.04 Å². The summed E-state index contributed by atoms with van der Waals surface area (Å²) < 4.78 is 0. The maximum atomic E-state index is 13.6. The number of nitriles is 1. The fourth-order valence-electron chi connectivity index (χ4n) is 5.48. The van der Waals surface area contributed by atoms with Crippen molar-refractivity contribution in [2.45, 2.75) is 77.8 Å². The van der Waals surface area contributed by atoms with Crippen LogP contribution in [0.4, 0.5) is 0 Å². The van der Waals surface area contributed by atoms with Crippen molar-refractivity contribution in [3.63, 3.8) is 0 Å². The summed E-state index contributed by atoms with van der Waals surface area (Å²) in [6.07, 6.45) is 6.30. The monoisotopic (exact) mass is 539 g/mol. The largest absolute Gasteiger partial charge is 0.349 e. The van der Waals surface area contributed by atoms with E-state index in [1.165, 1.54) is 0 Å². The van der Waals surface area contributed by atoms with Gasteiger partial charge in [0.15, 0.2) is 0 Å². The summed E-state index contributed by atoms with van der Waals surface area (Å²) in [5.74, 6) is -0.970. The highest BCUT2D eigenvalue weighted by Crippen LogP contribution is 2.31. The van der Waals surface area contributed by atoms with E-state index >= 15 is 0 Å². The molecule has 10 heteroatoms. The molecule has 1 aromatic rings. The number of benzene rings is 1. The molecule has 1 aliphatic carbocycles. The molecule has 1 aliphatic heterocycles. The van der Waals surface area contributed by atoms with Crippen LogP contribution in [0.25, 0.3) is 0 Å². The summed E-state index contributed by atoms with van der Waals surface area (Å²) in [5.41, 5.74) is 0.404. The Labute approximate surface area is 230 Å². The van der Waals surface area contributed by atoms with Gasteiger partial charge in [-0.2, -0.15) is 5.26 Å². The van der Waals surface area contributed by atoms with Gasteiger partial charge >= 0.3 is 0 Å². The molecule has 3 N–H and O–H groups in total. The first-order valence-corrected chi connectivity index (χ1v) is 13.8. The lowest BCUT2D eigenvalue weighted by Crippen LogP contribution is -2.58. The molecule has 3 rings (SSSR count). The Kier molecular flexibility index (Phi) is 10.5. The van der Waals surface area contributed by atoms with E-state index in [9.17, 15) is 24.4 Å². The minimum atomic E-state index is -0.774. The number of piperidine rings is 1. The summed E-state index contributed by atoms with van der Waals surface area (Å²) in [5, 5.41) is 25.2. The van der Waals surface area contributed by atoms with E-state index in [-0.39, 0.29) is 30.3 Å². The third-order valence-electron chi connectivity index (χ3n) is 7.81. The van der Waals surface area contributed by atoms with E-state index in [0.717, 1.165) is 25.7 Å². The van der Waals surface area contributed by atoms with Gasteiger partial charge in [-0.1, -0.05) is 46.5 Å². The van der Waals surface area contributed by atoms with E-state index in [0.29, 0.717) is 60.9 Å². The smallest absolute Gasteiger partial charge is 0.251 e. The minimum absolute atomic E-state index is 0.0884. The first kappa shape index (κ1) is 30.1. The van der Waals surface area contributed by atoms with Crippen LogP contribution in [0.1, 0.15) is 81.6 Å². The topological polar surface area (TPSA) is 143 Å². The number of likely N-dealkylation sites (tertiary alicyclic amines) is 1. The van der Waals surface area contributed by atoms with Gasteiger partial charge in [-0.3, -0.25) is 24.4 Å². The summed E-state index contributed by atoms with van der Waals surface area (Å²) in [4.78, 5) is 52.4. The van der Waals surface area contributed by atoms with Crippen molar-refractivity contribution in [3.05, 3.63) is 35.4 Å². The number of carbonyl (C=O) groups excluding carboxylic acids is 4. The summed E-state index contributed by atoms with van der Waals surface area (Å²) >= 11 is 0. The van der Waals surface area contributed by atoms with Crippen LogP contribution in [0.5, 0.6) is 0 Å². The third kappa shape index (κ3) is 8.52. The minimum Gasteiger partial charge on any atom is -0.349 e. The molecule has 2 atom stereocenters. The van der Waals surface area contributed by atoms with Gasteiger partial charge in [-0.05, 0) is 54.9 Å². The second kappa shape index (κ2) is 13.6. The zero-order chi connectivity index (χ0) is 28.6. The predicted molar refractivity (Wildman–Crippen MR) is 144 cm³/mol. The molecule has 1 aromatic carbocycles. The number of amides is 4. The van der Waals surface area contributed by atoms with Crippen molar-refractivity contribution in [1.82, 2.24) is 20.6 Å². The van der Waals surface area contributed by atoms with Crippen molar-refractivity contribution in [2.24, 2.45) is 17.3 Å². The van der Waals surface area contributed by atoms with Gasteiger partial charge < -0.3 is 15.5 Å². The lowest BCUT2D eigenvalue weighted by Gasteiger charge is -2.39. The second-order valence-corrected chi connectivity index (χ2v) is 11.9. The van der Waals surface area contributed by atoms with Crippen LogP contribution in [0.15, 0.2) is 24.3 Å². The molecule has 1 saturated carbocycles. The summed E-state index contributed by atoms with van der Waals surface area (Å²) in [6, 6.07) is 7.62. The highest BCUT2D eigenvalue weighted by molar-refractivity contribution is 5.94. The maximum Gasteiger partial charge on any atom is 0.251 e. The van der Waals surface area contributed by atoms with Crippen molar-refractivity contribution < 1.29 is 24.4 Å². The number of carbonyl (C=O) groups is 4. The van der Waals surface area contributed by atoms with Gasteiger partial charge in [-0.15, -0.1) is 0 Å². The molecule has 10 nitrogen and oxygen atoms in total. The van der Waals surface area contributed by atoms with Crippen molar-refractivity contribution in [2.75, 3.05) is 19.6 Å². The van der Waals surface area contributed by atoms with Crippen LogP contribution in [-0.2, 0) is 14.4 Å². The number of nitrogens with one attached hydrogen (secondary N) is 2. The molecule has 212 valence electrons. The van der Waals surface area contributed by atoms with Crippen LogP contribution in [-0.4, -0.2) is 71.0 Å². The van der Waals surface area contributed by atoms with Gasteiger partial charge in [-0.25, -0.2) is 5.06 Å². The zero-order valence-electron chi connectivity index (χ0n) is 23.2. The average Bonchev–Trinajstić information content (AvgIpc) is 3.43. The maximum absolute atomic E-state index is 13.6. The highest BCUT2D eigenvalue weighted by atomic mass is 16.5. The molecule has 2 fully saturated rings. The van der Waals surface area contributed by atoms with Gasteiger partial charge in [0.25, 0.3) is 5.91 Å². The Morgan fingerprint density at radius 1 is 1.13 bits per heavy atom. The first-order chi connectivity index (χ1) is 18.5. The quantitative estimate of drug-likeness (QED) is 0.237. The molecule has 1 saturated heterocycles. The molecule has 0 bridgehead atoms. The number of nitrogens with zero attached hydrogens (tertiary/aromatic N) is 3. The van der Waals surface area contributed by atoms with Crippen molar-refractivity contribution >= 4 is 24.1 Å². The lowest BCUT2D eigenvalue weighted by atomic mass is 9.84. The van der Waals surface area contributed by atoms with Crippen LogP contribution in [0.3, 0.4) is 0 Å². The second-order valence-electron chi connectivity index (χ2n) is 11.9. The van der Waals surface area contributed by atoms with E-state index in [2.05, 4.69) is 10.6 Å². The van der Waals surface area contributed by atoms with Gasteiger partial charge in [0.05, 0.1) is 24.1 Å². The fourth-order valence-corrected chi connectivity index (χ4v) is 5.48. The molecule has 0 unspecified atom stereocenters. The number of hydrogen-bond donors (Lipinski definition) is 3. The molecular formula is C29H41N5O5. The average molecular weight is 540 g/mol. The Morgan fingerprint density at radius 2 is 1.74 bits per heavy atom. The molecule has 2 aliphatic rings. The zero-order valence-corrected chi connectivity index (χ0v) is 23.2. The summed E-state index contributed by atoms with van der Waals surface area (Å²) in [7, 11) is 0. The molecule has 0 radical (unpaired) electrons. The number of rotatable bonds is 10. The van der Waals surface area contributed by atoms with E-state index in [1.54, 1.807) is 29.2 Å². The van der Waals surface area contributed by atoms with Crippen LogP contribution in [0, 0.1) is 28.6 Å². The molecule has 0 aromatic heterocycles. The number of hydroxylamine groups is 2.